The molecule has 0 spiro atoms. The molecule has 1 unspecified atom stereocenters. The van der Waals surface area contributed by atoms with Gasteiger partial charge in [0.15, 0.2) is 0 Å². The lowest BCUT2D eigenvalue weighted by molar-refractivity contribution is -0.0760. The molecule has 18 heavy (non-hydrogen) atoms. The van der Waals surface area contributed by atoms with Gasteiger partial charge in [0.2, 0.25) is 0 Å². The largest absolute Gasteiger partial charge is 0.379 e. The second kappa shape index (κ2) is 4.56. The van der Waals surface area contributed by atoms with Crippen molar-refractivity contribution in [2.24, 2.45) is 0 Å². The molecule has 3 nitrogen and oxygen atoms in total. The summed E-state index contributed by atoms with van der Waals surface area (Å²) in [5, 5.41) is 3.64. The Balaban J connectivity index is 1.87. The van der Waals surface area contributed by atoms with Gasteiger partial charge < -0.3 is 15.0 Å². The van der Waals surface area contributed by atoms with Gasteiger partial charge in [0.05, 0.1) is 18.6 Å². The van der Waals surface area contributed by atoms with Crippen LogP contribution in [0.3, 0.4) is 0 Å². The van der Waals surface area contributed by atoms with Crippen molar-refractivity contribution < 1.29 is 4.74 Å². The molecule has 2 aliphatic heterocycles. The van der Waals surface area contributed by atoms with Crippen molar-refractivity contribution in [2.45, 2.75) is 24.3 Å². The van der Waals surface area contributed by atoms with Gasteiger partial charge in [0, 0.05) is 25.8 Å². The Bertz CT molecular complexity index is 403. The van der Waals surface area contributed by atoms with Crippen LogP contribution in [0, 0.1) is 0 Å². The van der Waals surface area contributed by atoms with Gasteiger partial charge in [-0.3, -0.25) is 0 Å². The highest BCUT2D eigenvalue weighted by Gasteiger charge is 2.47. The lowest BCUT2D eigenvalue weighted by Gasteiger charge is -2.46. The second-order valence-electron chi connectivity index (χ2n) is 5.74. The molecule has 2 heterocycles. The Morgan fingerprint density at radius 1 is 1.22 bits per heavy atom. The fourth-order valence-corrected chi connectivity index (χ4v) is 3.14. The van der Waals surface area contributed by atoms with Crippen molar-refractivity contribution in [3.63, 3.8) is 0 Å². The Labute approximate surface area is 109 Å². The SMILES string of the molecule is CN(C)c1ccc(C2(C3CCCN3)COC2)cc1. The van der Waals surface area contributed by atoms with Crippen LogP contribution in [-0.2, 0) is 10.2 Å². The highest BCUT2D eigenvalue weighted by molar-refractivity contribution is 5.48. The zero-order valence-electron chi connectivity index (χ0n) is 11.3. The van der Waals surface area contributed by atoms with Gasteiger partial charge in [0.25, 0.3) is 0 Å². The van der Waals surface area contributed by atoms with Crippen LogP contribution in [0.15, 0.2) is 24.3 Å². The summed E-state index contributed by atoms with van der Waals surface area (Å²) in [4.78, 5) is 2.14. The van der Waals surface area contributed by atoms with E-state index >= 15 is 0 Å². The Morgan fingerprint density at radius 2 is 1.94 bits per heavy atom. The van der Waals surface area contributed by atoms with Crippen LogP contribution in [0.2, 0.25) is 0 Å². The van der Waals surface area contributed by atoms with Crippen molar-refractivity contribution >= 4 is 5.69 Å². The molecule has 0 saturated carbocycles. The molecule has 1 aromatic carbocycles. The highest BCUT2D eigenvalue weighted by atomic mass is 16.5. The van der Waals surface area contributed by atoms with E-state index in [2.05, 4.69) is 48.6 Å². The summed E-state index contributed by atoms with van der Waals surface area (Å²) in [7, 11) is 4.16. The number of anilines is 1. The zero-order valence-corrected chi connectivity index (χ0v) is 11.3. The molecule has 1 aromatic rings. The number of ether oxygens (including phenoxy) is 1. The molecule has 3 rings (SSSR count). The average Bonchev–Trinajstić information content (AvgIpc) is 2.82. The van der Waals surface area contributed by atoms with E-state index in [1.807, 2.05) is 0 Å². The molecule has 2 fully saturated rings. The van der Waals surface area contributed by atoms with Crippen LogP contribution < -0.4 is 10.2 Å². The molecular weight excluding hydrogens is 224 g/mol. The van der Waals surface area contributed by atoms with Crippen LogP contribution in [-0.4, -0.2) is 39.9 Å². The third-order valence-corrected chi connectivity index (χ3v) is 4.41. The monoisotopic (exact) mass is 246 g/mol. The minimum absolute atomic E-state index is 0.224. The molecule has 0 bridgehead atoms. The number of hydrogen-bond donors (Lipinski definition) is 1. The maximum Gasteiger partial charge on any atom is 0.0600 e. The van der Waals surface area contributed by atoms with E-state index in [1.165, 1.54) is 24.1 Å². The number of benzene rings is 1. The van der Waals surface area contributed by atoms with Crippen molar-refractivity contribution in [2.75, 3.05) is 38.8 Å². The Hall–Kier alpha value is -1.06. The lowest BCUT2D eigenvalue weighted by atomic mass is 9.72. The van der Waals surface area contributed by atoms with E-state index in [1.54, 1.807) is 0 Å². The fourth-order valence-electron chi connectivity index (χ4n) is 3.14. The van der Waals surface area contributed by atoms with E-state index in [0.29, 0.717) is 6.04 Å². The molecule has 0 aliphatic carbocycles. The predicted molar refractivity (Wildman–Crippen MR) is 74.3 cm³/mol. The van der Waals surface area contributed by atoms with Gasteiger partial charge in [-0.1, -0.05) is 12.1 Å². The van der Waals surface area contributed by atoms with Crippen molar-refractivity contribution in [1.29, 1.82) is 0 Å². The minimum Gasteiger partial charge on any atom is -0.379 e. The number of nitrogens with zero attached hydrogens (tertiary/aromatic N) is 1. The second-order valence-corrected chi connectivity index (χ2v) is 5.74. The smallest absolute Gasteiger partial charge is 0.0600 e. The molecule has 2 aliphatic rings. The molecule has 98 valence electrons. The van der Waals surface area contributed by atoms with E-state index in [4.69, 9.17) is 4.74 Å². The fraction of sp³-hybridized carbons (Fsp3) is 0.600. The summed E-state index contributed by atoms with van der Waals surface area (Å²) in [6.07, 6.45) is 2.57. The Morgan fingerprint density at radius 3 is 2.39 bits per heavy atom. The number of hydrogen-bond acceptors (Lipinski definition) is 3. The lowest BCUT2D eigenvalue weighted by Crippen LogP contribution is -2.58. The van der Waals surface area contributed by atoms with Gasteiger partial charge in [-0.2, -0.15) is 0 Å². The van der Waals surface area contributed by atoms with Crippen LogP contribution in [0.25, 0.3) is 0 Å². The summed E-state index contributed by atoms with van der Waals surface area (Å²) in [5.41, 5.74) is 2.91. The number of nitrogens with one attached hydrogen (secondary N) is 1. The van der Waals surface area contributed by atoms with Gasteiger partial charge in [-0.05, 0) is 37.1 Å². The first kappa shape index (κ1) is 12.0. The molecule has 0 amide bonds. The molecule has 1 N–H and O–H groups in total. The van der Waals surface area contributed by atoms with Crippen molar-refractivity contribution in [3.8, 4) is 0 Å². The third kappa shape index (κ3) is 1.82. The van der Waals surface area contributed by atoms with Gasteiger partial charge in [-0.15, -0.1) is 0 Å². The van der Waals surface area contributed by atoms with E-state index in [-0.39, 0.29) is 5.41 Å². The Kier molecular flexibility index (Phi) is 3.04. The van der Waals surface area contributed by atoms with E-state index < -0.39 is 0 Å². The molecule has 0 radical (unpaired) electrons. The quantitative estimate of drug-likeness (QED) is 0.879. The van der Waals surface area contributed by atoms with Crippen molar-refractivity contribution in [1.82, 2.24) is 5.32 Å². The molecule has 3 heteroatoms. The normalized spacial score (nSPS) is 25.8. The van der Waals surface area contributed by atoms with Crippen LogP contribution in [0.5, 0.6) is 0 Å². The van der Waals surface area contributed by atoms with Crippen LogP contribution in [0.4, 0.5) is 5.69 Å². The molecule has 1 atom stereocenters. The molecule has 2 saturated heterocycles. The van der Waals surface area contributed by atoms with Gasteiger partial charge >= 0.3 is 0 Å². The highest BCUT2D eigenvalue weighted by Crippen LogP contribution is 2.39. The first-order chi connectivity index (χ1) is 8.72. The maximum atomic E-state index is 5.53. The summed E-state index contributed by atoms with van der Waals surface area (Å²) < 4.78 is 5.53. The molecule has 0 aromatic heterocycles. The third-order valence-electron chi connectivity index (χ3n) is 4.41. The standard InChI is InChI=1S/C15H22N2O/c1-17(2)13-7-5-12(6-8-13)15(10-18-11-15)14-4-3-9-16-14/h5-8,14,16H,3-4,9-11H2,1-2H3. The van der Waals surface area contributed by atoms with Crippen LogP contribution >= 0.6 is 0 Å². The molecular formula is C15H22N2O. The minimum atomic E-state index is 0.224. The van der Waals surface area contributed by atoms with E-state index in [0.717, 1.165) is 19.8 Å². The summed E-state index contributed by atoms with van der Waals surface area (Å²) in [6, 6.07) is 9.57. The summed E-state index contributed by atoms with van der Waals surface area (Å²) in [6.45, 7) is 2.89. The van der Waals surface area contributed by atoms with Crippen molar-refractivity contribution in [3.05, 3.63) is 29.8 Å². The number of rotatable bonds is 3. The van der Waals surface area contributed by atoms with E-state index in [9.17, 15) is 0 Å². The maximum absolute atomic E-state index is 5.53. The summed E-state index contributed by atoms with van der Waals surface area (Å²) in [5.74, 6) is 0. The summed E-state index contributed by atoms with van der Waals surface area (Å²) >= 11 is 0. The van der Waals surface area contributed by atoms with Gasteiger partial charge in [-0.25, -0.2) is 0 Å². The van der Waals surface area contributed by atoms with Gasteiger partial charge in [0.1, 0.15) is 0 Å². The zero-order chi connectivity index (χ0) is 12.6. The first-order valence-electron chi connectivity index (χ1n) is 6.81. The average molecular weight is 246 g/mol. The predicted octanol–water partition coefficient (Wildman–Crippen LogP) is 1.77. The topological polar surface area (TPSA) is 24.5 Å². The first-order valence-corrected chi connectivity index (χ1v) is 6.81. The van der Waals surface area contributed by atoms with Crippen LogP contribution in [0.1, 0.15) is 18.4 Å².